The lowest BCUT2D eigenvalue weighted by Crippen LogP contribution is -2.44. The molecule has 0 saturated carbocycles. The molecule has 0 aliphatic carbocycles. The number of aliphatic carboxylic acids is 1. The molecule has 3 atom stereocenters. The Kier molecular flexibility index (Phi) is 8.34. The number of aromatic nitrogens is 2. The van der Waals surface area contributed by atoms with Gasteiger partial charge in [-0.25, -0.2) is 4.39 Å². The summed E-state index contributed by atoms with van der Waals surface area (Å²) in [5.41, 5.74) is 1.31. The second-order valence-corrected chi connectivity index (χ2v) is 9.83. The van der Waals surface area contributed by atoms with Crippen molar-refractivity contribution in [3.8, 4) is 5.75 Å². The molecule has 34 heavy (non-hydrogen) atoms. The van der Waals surface area contributed by atoms with Gasteiger partial charge in [0.2, 0.25) is 0 Å². The van der Waals surface area contributed by atoms with Crippen LogP contribution in [-0.4, -0.2) is 58.4 Å². The highest BCUT2D eigenvalue weighted by Crippen LogP contribution is 2.35. The van der Waals surface area contributed by atoms with Crippen LogP contribution in [0.25, 0.3) is 10.9 Å². The summed E-state index contributed by atoms with van der Waals surface area (Å²) in [6.07, 6.45) is 5.65. The largest absolute Gasteiger partial charge is 0.497 e. The minimum atomic E-state index is -1.18. The average Bonchev–Trinajstić information content (AvgIpc) is 2.87. The van der Waals surface area contributed by atoms with Gasteiger partial charge in [0.25, 0.3) is 0 Å². The van der Waals surface area contributed by atoms with E-state index in [1.165, 1.54) is 0 Å². The monoisotopic (exact) mass is 483 g/mol. The number of likely N-dealkylation sites (tertiary alicyclic amines) is 1. The van der Waals surface area contributed by atoms with E-state index >= 15 is 4.39 Å². The summed E-state index contributed by atoms with van der Waals surface area (Å²) in [6.45, 7) is 2.18. The van der Waals surface area contributed by atoms with Crippen LogP contribution in [0.2, 0.25) is 0 Å². The first kappa shape index (κ1) is 24.4. The Balaban J connectivity index is 1.34. The lowest BCUT2D eigenvalue weighted by molar-refractivity contribution is -0.146. The van der Waals surface area contributed by atoms with Crippen LogP contribution in [0.5, 0.6) is 5.75 Å². The summed E-state index contributed by atoms with van der Waals surface area (Å²) in [6, 6.07) is 11.1. The normalized spacial score (nSPS) is 19.7. The number of hydrogen-bond donors (Lipinski definition) is 1. The fourth-order valence-corrected chi connectivity index (χ4v) is 5.58. The smallest absolute Gasteiger partial charge is 0.308 e. The molecule has 0 amide bonds. The van der Waals surface area contributed by atoms with Gasteiger partial charge in [0.05, 0.1) is 18.5 Å². The van der Waals surface area contributed by atoms with Crippen molar-refractivity contribution in [1.82, 2.24) is 14.9 Å². The van der Waals surface area contributed by atoms with Crippen LogP contribution in [0.1, 0.15) is 31.0 Å². The van der Waals surface area contributed by atoms with E-state index < -0.39 is 18.1 Å². The van der Waals surface area contributed by atoms with Crippen molar-refractivity contribution >= 4 is 28.6 Å². The Morgan fingerprint density at radius 1 is 1.32 bits per heavy atom. The highest BCUT2D eigenvalue weighted by Gasteiger charge is 2.34. The molecular weight excluding hydrogens is 453 g/mol. The fraction of sp³-hybridized carbons (Fsp3) is 0.423. The summed E-state index contributed by atoms with van der Waals surface area (Å²) in [5, 5.41) is 10.6. The Labute approximate surface area is 203 Å². The van der Waals surface area contributed by atoms with E-state index in [1.807, 2.05) is 36.5 Å². The van der Waals surface area contributed by atoms with Crippen molar-refractivity contribution < 1.29 is 19.0 Å². The zero-order chi connectivity index (χ0) is 23.9. The summed E-state index contributed by atoms with van der Waals surface area (Å²) in [7, 11) is 1.58. The zero-order valence-electron chi connectivity index (χ0n) is 19.3. The predicted molar refractivity (Wildman–Crippen MR) is 132 cm³/mol. The Morgan fingerprint density at radius 2 is 2.21 bits per heavy atom. The van der Waals surface area contributed by atoms with Gasteiger partial charge < -0.3 is 14.7 Å². The van der Waals surface area contributed by atoms with E-state index in [-0.39, 0.29) is 5.92 Å². The number of methoxy groups -OCH3 is 1. The molecule has 1 aromatic carbocycles. The van der Waals surface area contributed by atoms with E-state index in [4.69, 9.17) is 4.74 Å². The van der Waals surface area contributed by atoms with Gasteiger partial charge in [-0.1, -0.05) is 0 Å². The van der Waals surface area contributed by atoms with Crippen LogP contribution < -0.4 is 4.74 Å². The number of alkyl halides is 1. The quantitative estimate of drug-likeness (QED) is 0.395. The number of carbonyl (C=O) groups is 1. The SMILES string of the molecule is COc1ccc2nccc([C@@H](F)CC[C@@H]3CCN(CCSc4cccnc4)C[C@@H]3C(=O)O)c2c1. The predicted octanol–water partition coefficient (Wildman–Crippen LogP) is 5.24. The number of carboxylic acid groups (broad SMARTS) is 1. The van der Waals surface area contributed by atoms with Crippen LogP contribution in [0.3, 0.4) is 0 Å². The van der Waals surface area contributed by atoms with Crippen molar-refractivity contribution in [2.45, 2.75) is 30.3 Å². The van der Waals surface area contributed by atoms with E-state index in [0.29, 0.717) is 30.7 Å². The maximum absolute atomic E-state index is 15.4. The number of fused-ring (bicyclic) bond motifs is 1. The van der Waals surface area contributed by atoms with Gasteiger partial charge in [0.1, 0.15) is 11.9 Å². The molecule has 0 bridgehead atoms. The number of hydrogen-bond acceptors (Lipinski definition) is 6. The lowest BCUT2D eigenvalue weighted by Gasteiger charge is -2.36. The van der Waals surface area contributed by atoms with Gasteiger partial charge in [-0.3, -0.25) is 14.8 Å². The molecule has 1 aliphatic heterocycles. The minimum Gasteiger partial charge on any atom is -0.497 e. The number of piperidine rings is 1. The number of halogens is 1. The number of nitrogens with zero attached hydrogens (tertiary/aromatic N) is 3. The van der Waals surface area contributed by atoms with Crippen molar-refractivity contribution in [2.75, 3.05) is 32.5 Å². The number of rotatable bonds is 10. The van der Waals surface area contributed by atoms with E-state index in [0.717, 1.165) is 41.1 Å². The molecule has 8 heteroatoms. The second kappa shape index (κ2) is 11.6. The molecule has 1 N–H and O–H groups in total. The Hall–Kier alpha value is -2.71. The Morgan fingerprint density at radius 3 is 2.97 bits per heavy atom. The molecule has 6 nitrogen and oxygen atoms in total. The van der Waals surface area contributed by atoms with E-state index in [9.17, 15) is 9.90 Å². The topological polar surface area (TPSA) is 75.5 Å². The number of carboxylic acids is 1. The molecule has 1 aliphatic rings. The highest BCUT2D eigenvalue weighted by molar-refractivity contribution is 7.99. The molecular formula is C26H30FN3O3S. The van der Waals surface area contributed by atoms with E-state index in [1.54, 1.807) is 37.3 Å². The second-order valence-electron chi connectivity index (χ2n) is 8.66. The molecule has 3 heterocycles. The summed E-state index contributed by atoms with van der Waals surface area (Å²) in [5.74, 6) is 0.255. The highest BCUT2D eigenvalue weighted by atomic mass is 32.2. The van der Waals surface area contributed by atoms with Crippen LogP contribution in [0.4, 0.5) is 4.39 Å². The third kappa shape index (κ3) is 6.04. The molecule has 0 unspecified atom stereocenters. The first-order valence-corrected chi connectivity index (χ1v) is 12.6. The van der Waals surface area contributed by atoms with Crippen molar-refractivity contribution in [3.05, 3.63) is 60.6 Å². The molecule has 0 radical (unpaired) electrons. The maximum atomic E-state index is 15.4. The summed E-state index contributed by atoms with van der Waals surface area (Å²) in [4.78, 5) is 23.8. The average molecular weight is 484 g/mol. The van der Waals surface area contributed by atoms with Gasteiger partial charge in [0, 0.05) is 47.7 Å². The zero-order valence-corrected chi connectivity index (χ0v) is 20.1. The molecule has 2 aromatic heterocycles. The van der Waals surface area contributed by atoms with Gasteiger partial charge in [-0.15, -0.1) is 11.8 Å². The number of ether oxygens (including phenoxy) is 1. The van der Waals surface area contributed by atoms with Gasteiger partial charge in [-0.05, 0) is 73.7 Å². The molecule has 1 saturated heterocycles. The van der Waals surface area contributed by atoms with Gasteiger partial charge in [0.15, 0.2) is 0 Å². The molecule has 1 fully saturated rings. The number of pyridine rings is 2. The third-order valence-electron chi connectivity index (χ3n) is 6.58. The van der Waals surface area contributed by atoms with E-state index in [2.05, 4.69) is 14.9 Å². The number of benzene rings is 1. The summed E-state index contributed by atoms with van der Waals surface area (Å²) >= 11 is 1.72. The molecule has 180 valence electrons. The third-order valence-corrected chi connectivity index (χ3v) is 7.54. The maximum Gasteiger partial charge on any atom is 0.308 e. The molecule has 3 aromatic rings. The molecule has 0 spiro atoms. The molecule has 4 rings (SSSR count). The van der Waals surface area contributed by atoms with Crippen LogP contribution in [0.15, 0.2) is 59.9 Å². The van der Waals surface area contributed by atoms with Gasteiger partial charge >= 0.3 is 5.97 Å². The minimum absolute atomic E-state index is 0.0272. The summed E-state index contributed by atoms with van der Waals surface area (Å²) < 4.78 is 20.6. The first-order chi connectivity index (χ1) is 16.5. The number of thioether (sulfide) groups is 1. The first-order valence-electron chi connectivity index (χ1n) is 11.6. The van der Waals surface area contributed by atoms with Gasteiger partial charge in [-0.2, -0.15) is 0 Å². The van der Waals surface area contributed by atoms with Crippen LogP contribution in [-0.2, 0) is 4.79 Å². The fourth-order valence-electron chi connectivity index (χ4n) is 4.68. The van der Waals surface area contributed by atoms with Crippen LogP contribution >= 0.6 is 11.8 Å². The lowest BCUT2D eigenvalue weighted by atomic mass is 9.81. The van der Waals surface area contributed by atoms with Crippen molar-refractivity contribution in [2.24, 2.45) is 11.8 Å². The Bertz CT molecular complexity index is 1100. The van der Waals surface area contributed by atoms with Crippen molar-refractivity contribution in [3.63, 3.8) is 0 Å². The van der Waals surface area contributed by atoms with Crippen LogP contribution in [0, 0.1) is 11.8 Å². The standard InChI is InChI=1S/C26H30FN3O3S/c1-33-19-5-7-25-22(15-19)21(8-11-29-25)24(27)6-4-18-9-12-30(17-23(18)26(31)32)13-14-34-20-3-2-10-28-16-20/h2-3,5,7-8,10-11,15-16,18,23-24H,4,6,9,12-14,17H2,1H3,(H,31,32)/t18-,23+,24+/m1/s1. The van der Waals surface area contributed by atoms with Crippen molar-refractivity contribution in [1.29, 1.82) is 0 Å².